The quantitative estimate of drug-likeness (QED) is 0.870. The lowest BCUT2D eigenvalue weighted by atomic mass is 9.89. The number of carbonyl (C=O) groups is 2. The smallest absolute Gasteiger partial charge is 0.335 e. The van der Waals surface area contributed by atoms with Crippen LogP contribution in [-0.2, 0) is 16.0 Å². The maximum absolute atomic E-state index is 12.3. The number of nitrogens with one attached hydrogen (secondary N) is 1. The summed E-state index contributed by atoms with van der Waals surface area (Å²) < 4.78 is 11.4. The lowest BCUT2D eigenvalue weighted by Crippen LogP contribution is -2.48. The number of urea groups is 1. The summed E-state index contributed by atoms with van der Waals surface area (Å²) in [5, 5.41) is 11.8. The van der Waals surface area contributed by atoms with Crippen LogP contribution in [0.25, 0.3) is 0 Å². The zero-order valence-electron chi connectivity index (χ0n) is 14.4. The maximum Gasteiger partial charge on any atom is 0.335 e. The summed E-state index contributed by atoms with van der Waals surface area (Å²) in [6.45, 7) is 4.99. The monoisotopic (exact) mass is 348 g/mol. The number of likely N-dealkylation sites (tertiary alicyclic amines) is 1. The molecule has 0 spiro atoms. The number of hydrogen-bond acceptors (Lipinski definition) is 4. The van der Waals surface area contributed by atoms with Crippen molar-refractivity contribution in [2.24, 2.45) is 5.92 Å². The van der Waals surface area contributed by atoms with Crippen molar-refractivity contribution in [1.29, 1.82) is 0 Å². The van der Waals surface area contributed by atoms with Gasteiger partial charge in [-0.25, -0.2) is 9.59 Å². The first-order valence-electron chi connectivity index (χ1n) is 8.61. The summed E-state index contributed by atoms with van der Waals surface area (Å²) in [5.41, 5.74) is 1.11. The van der Waals surface area contributed by atoms with Crippen LogP contribution in [0.15, 0.2) is 24.3 Å². The lowest BCUT2D eigenvalue weighted by Gasteiger charge is -2.39. The summed E-state index contributed by atoms with van der Waals surface area (Å²) in [6.07, 6.45) is 1.72. The van der Waals surface area contributed by atoms with E-state index in [0.29, 0.717) is 38.8 Å². The van der Waals surface area contributed by atoms with Crippen molar-refractivity contribution >= 4 is 12.0 Å². The number of ether oxygens (including phenoxy) is 2. The number of amides is 2. The lowest BCUT2D eigenvalue weighted by molar-refractivity contribution is -0.189. The van der Waals surface area contributed by atoms with Crippen molar-refractivity contribution in [2.45, 2.75) is 32.1 Å². The molecule has 0 saturated carbocycles. The van der Waals surface area contributed by atoms with Gasteiger partial charge in [0.1, 0.15) is 0 Å². The van der Waals surface area contributed by atoms with Gasteiger partial charge in [0, 0.05) is 25.6 Å². The molecule has 0 atom stereocenters. The zero-order valence-corrected chi connectivity index (χ0v) is 14.4. The van der Waals surface area contributed by atoms with Crippen LogP contribution in [0.3, 0.4) is 0 Å². The molecule has 7 nitrogen and oxygen atoms in total. The Kier molecular flexibility index (Phi) is 5.24. The van der Waals surface area contributed by atoms with Crippen LogP contribution in [0, 0.1) is 5.92 Å². The van der Waals surface area contributed by atoms with Gasteiger partial charge in [0.2, 0.25) is 0 Å². The van der Waals surface area contributed by atoms with Gasteiger partial charge in [-0.05, 0) is 37.5 Å². The fourth-order valence-corrected chi connectivity index (χ4v) is 3.43. The van der Waals surface area contributed by atoms with Crippen molar-refractivity contribution in [3.8, 4) is 0 Å². The molecular weight excluding hydrogens is 324 g/mol. The Hall–Kier alpha value is -2.12. The molecule has 0 aromatic heterocycles. The van der Waals surface area contributed by atoms with E-state index in [1.54, 1.807) is 17.0 Å². The van der Waals surface area contributed by atoms with E-state index >= 15 is 0 Å². The van der Waals surface area contributed by atoms with Crippen LogP contribution in [-0.4, -0.2) is 54.1 Å². The highest BCUT2D eigenvalue weighted by atomic mass is 16.7. The fourth-order valence-electron chi connectivity index (χ4n) is 3.43. The fraction of sp³-hybridized carbons (Fsp3) is 0.556. The first kappa shape index (κ1) is 17.7. The SMILES string of the molecule is CC1(C2CCN(C(=O)NCc3ccc(C(=O)O)cc3)CC2)OCCO1. The molecule has 1 aromatic carbocycles. The number of piperidine rings is 1. The van der Waals surface area contributed by atoms with Gasteiger partial charge in [-0.3, -0.25) is 0 Å². The number of hydrogen-bond donors (Lipinski definition) is 2. The summed E-state index contributed by atoms with van der Waals surface area (Å²) >= 11 is 0. The van der Waals surface area contributed by atoms with Crippen LogP contribution in [0.2, 0.25) is 0 Å². The van der Waals surface area contributed by atoms with Crippen LogP contribution < -0.4 is 5.32 Å². The summed E-state index contributed by atoms with van der Waals surface area (Å²) in [5.74, 6) is -1.15. The Morgan fingerprint density at radius 1 is 1.20 bits per heavy atom. The standard InChI is InChI=1S/C18H24N2O5/c1-18(24-10-11-25-18)15-6-8-20(9-7-15)17(23)19-12-13-2-4-14(5-3-13)16(21)22/h2-5,15H,6-12H2,1H3,(H,19,23)(H,21,22). The summed E-state index contributed by atoms with van der Waals surface area (Å²) in [4.78, 5) is 25.0. The van der Waals surface area contributed by atoms with Gasteiger partial charge in [-0.2, -0.15) is 0 Å². The van der Waals surface area contributed by atoms with Gasteiger partial charge in [0.25, 0.3) is 0 Å². The van der Waals surface area contributed by atoms with Crippen molar-refractivity contribution in [2.75, 3.05) is 26.3 Å². The molecule has 2 aliphatic rings. The number of nitrogens with zero attached hydrogens (tertiary/aromatic N) is 1. The number of carbonyl (C=O) groups excluding carboxylic acids is 1. The Morgan fingerprint density at radius 2 is 1.80 bits per heavy atom. The third-order valence-corrected chi connectivity index (χ3v) is 5.03. The minimum atomic E-state index is -0.956. The molecule has 2 fully saturated rings. The zero-order chi connectivity index (χ0) is 17.9. The van der Waals surface area contributed by atoms with Crippen molar-refractivity contribution in [3.05, 3.63) is 35.4 Å². The number of rotatable bonds is 4. The van der Waals surface area contributed by atoms with Gasteiger partial charge in [-0.15, -0.1) is 0 Å². The van der Waals surface area contributed by atoms with Crippen LogP contribution in [0.4, 0.5) is 4.79 Å². The van der Waals surface area contributed by atoms with Gasteiger partial charge in [0.05, 0.1) is 18.8 Å². The van der Waals surface area contributed by atoms with Gasteiger partial charge < -0.3 is 24.8 Å². The summed E-state index contributed by atoms with van der Waals surface area (Å²) in [7, 11) is 0. The predicted octanol–water partition coefficient (Wildman–Crippen LogP) is 2.07. The van der Waals surface area contributed by atoms with E-state index in [4.69, 9.17) is 14.6 Å². The second-order valence-corrected chi connectivity index (χ2v) is 6.63. The Balaban J connectivity index is 1.45. The van der Waals surface area contributed by atoms with E-state index < -0.39 is 11.8 Å². The predicted molar refractivity (Wildman–Crippen MR) is 90.2 cm³/mol. The van der Waals surface area contributed by atoms with E-state index in [1.807, 2.05) is 6.92 Å². The van der Waals surface area contributed by atoms with Gasteiger partial charge in [-0.1, -0.05) is 12.1 Å². The second kappa shape index (κ2) is 7.41. The topological polar surface area (TPSA) is 88.1 Å². The molecule has 0 radical (unpaired) electrons. The molecule has 2 aliphatic heterocycles. The molecule has 7 heteroatoms. The molecule has 2 heterocycles. The van der Waals surface area contributed by atoms with Crippen molar-refractivity contribution in [1.82, 2.24) is 10.2 Å². The van der Waals surface area contributed by atoms with Gasteiger partial charge >= 0.3 is 12.0 Å². The first-order valence-corrected chi connectivity index (χ1v) is 8.61. The third kappa shape index (κ3) is 4.11. The highest BCUT2D eigenvalue weighted by molar-refractivity contribution is 5.87. The number of aromatic carboxylic acids is 1. The molecule has 3 rings (SSSR count). The normalized spacial score (nSPS) is 20.4. The van der Waals surface area contributed by atoms with E-state index in [0.717, 1.165) is 18.4 Å². The molecule has 0 aliphatic carbocycles. The Morgan fingerprint density at radius 3 is 2.36 bits per heavy atom. The molecule has 1 aromatic rings. The van der Waals surface area contributed by atoms with E-state index in [9.17, 15) is 9.59 Å². The molecule has 0 bridgehead atoms. The Labute approximate surface area is 146 Å². The Bertz CT molecular complexity index is 617. The molecular formula is C18H24N2O5. The van der Waals surface area contributed by atoms with Crippen LogP contribution in [0.5, 0.6) is 0 Å². The number of carboxylic acids is 1. The number of carboxylic acid groups (broad SMARTS) is 1. The van der Waals surface area contributed by atoms with E-state index in [2.05, 4.69) is 5.32 Å². The average Bonchev–Trinajstić information content (AvgIpc) is 3.08. The molecule has 2 saturated heterocycles. The molecule has 136 valence electrons. The van der Waals surface area contributed by atoms with Crippen LogP contribution >= 0.6 is 0 Å². The molecule has 25 heavy (non-hydrogen) atoms. The summed E-state index contributed by atoms with van der Waals surface area (Å²) in [6, 6.07) is 6.41. The minimum Gasteiger partial charge on any atom is -0.478 e. The molecule has 2 N–H and O–H groups in total. The third-order valence-electron chi connectivity index (χ3n) is 5.03. The van der Waals surface area contributed by atoms with Crippen LogP contribution in [0.1, 0.15) is 35.7 Å². The molecule has 0 unspecified atom stereocenters. The van der Waals surface area contributed by atoms with E-state index in [1.165, 1.54) is 12.1 Å². The average molecular weight is 348 g/mol. The van der Waals surface area contributed by atoms with E-state index in [-0.39, 0.29) is 11.6 Å². The van der Waals surface area contributed by atoms with Crippen molar-refractivity contribution in [3.63, 3.8) is 0 Å². The maximum atomic E-state index is 12.3. The minimum absolute atomic E-state index is 0.0980. The molecule has 2 amide bonds. The van der Waals surface area contributed by atoms with Gasteiger partial charge in [0.15, 0.2) is 5.79 Å². The number of benzene rings is 1. The first-order chi connectivity index (χ1) is 12.0. The van der Waals surface area contributed by atoms with Crippen molar-refractivity contribution < 1.29 is 24.2 Å². The highest BCUT2D eigenvalue weighted by Gasteiger charge is 2.41. The second-order valence-electron chi connectivity index (χ2n) is 6.63. The highest BCUT2D eigenvalue weighted by Crippen LogP contribution is 2.34. The largest absolute Gasteiger partial charge is 0.478 e.